The van der Waals surface area contributed by atoms with Gasteiger partial charge in [-0.1, -0.05) is 22.0 Å². The second-order valence-electron chi connectivity index (χ2n) is 3.35. The Morgan fingerprint density at radius 2 is 2.31 bits per heavy atom. The third-order valence-electron chi connectivity index (χ3n) is 2.27. The molecule has 0 heterocycles. The van der Waals surface area contributed by atoms with Gasteiger partial charge in [-0.15, -0.1) is 11.8 Å². The molecule has 0 radical (unpaired) electrons. The fourth-order valence-electron chi connectivity index (χ4n) is 1.45. The smallest absolute Gasteiger partial charge is 0.124 e. The molecule has 0 bridgehead atoms. The first-order valence-corrected chi connectivity index (χ1v) is 5.79. The molecule has 0 fully saturated rings. The fraction of sp³-hybridized carbons (Fsp3) is 0.333. The van der Waals surface area contributed by atoms with Crippen LogP contribution in [0.2, 0.25) is 0 Å². The minimum atomic E-state index is -0.264. The summed E-state index contributed by atoms with van der Waals surface area (Å²) in [6, 6.07) is 4.57. The van der Waals surface area contributed by atoms with Crippen LogP contribution in [0.25, 0.3) is 0 Å². The van der Waals surface area contributed by atoms with Crippen molar-refractivity contribution in [2.24, 2.45) is 5.84 Å². The third-order valence-corrected chi connectivity index (χ3v) is 2.96. The van der Waals surface area contributed by atoms with Crippen LogP contribution >= 0.6 is 15.9 Å². The summed E-state index contributed by atoms with van der Waals surface area (Å²) in [7, 11) is 0. The normalized spacial score (nSPS) is 11.8. The summed E-state index contributed by atoms with van der Waals surface area (Å²) in [6.45, 7) is 1.80. The van der Waals surface area contributed by atoms with Crippen molar-refractivity contribution in [3.63, 3.8) is 0 Å². The van der Waals surface area contributed by atoms with Crippen LogP contribution in [0.5, 0.6) is 0 Å². The molecule has 1 rings (SSSR count). The van der Waals surface area contributed by atoms with E-state index in [2.05, 4.69) is 33.2 Å². The van der Waals surface area contributed by atoms with Gasteiger partial charge in [0.25, 0.3) is 0 Å². The number of hydrogen-bond donors (Lipinski definition) is 2. The molecule has 0 saturated carbocycles. The minimum absolute atomic E-state index is 0.0178. The molecule has 1 atom stereocenters. The lowest BCUT2D eigenvalue weighted by Crippen LogP contribution is -2.28. The summed E-state index contributed by atoms with van der Waals surface area (Å²) >= 11 is 3.33. The van der Waals surface area contributed by atoms with Crippen LogP contribution in [0.4, 0.5) is 4.39 Å². The molecule has 1 aromatic carbocycles. The molecule has 1 aromatic rings. The molecule has 0 amide bonds. The van der Waals surface area contributed by atoms with E-state index >= 15 is 0 Å². The monoisotopic (exact) mass is 284 g/mol. The molecule has 0 aliphatic carbocycles. The van der Waals surface area contributed by atoms with Crippen molar-refractivity contribution >= 4 is 15.9 Å². The highest BCUT2D eigenvalue weighted by atomic mass is 79.9. The lowest BCUT2D eigenvalue weighted by Gasteiger charge is -2.16. The summed E-state index contributed by atoms with van der Waals surface area (Å²) in [4.78, 5) is 0. The van der Waals surface area contributed by atoms with Crippen LogP contribution in [-0.4, -0.2) is 0 Å². The Morgan fingerprint density at radius 1 is 1.56 bits per heavy atom. The van der Waals surface area contributed by atoms with Crippen LogP contribution in [0.1, 0.15) is 31.4 Å². The number of hydrazine groups is 1. The summed E-state index contributed by atoms with van der Waals surface area (Å²) in [5.41, 5.74) is 3.66. The maximum absolute atomic E-state index is 12.9. The largest absolute Gasteiger partial charge is 0.271 e. The van der Waals surface area contributed by atoms with Gasteiger partial charge < -0.3 is 0 Å². The molecular formula is C12H14BrFN2. The van der Waals surface area contributed by atoms with Crippen molar-refractivity contribution in [2.75, 3.05) is 0 Å². The van der Waals surface area contributed by atoms with Crippen molar-refractivity contribution in [1.29, 1.82) is 0 Å². The first-order valence-electron chi connectivity index (χ1n) is 4.99. The molecule has 0 spiro atoms. The lowest BCUT2D eigenvalue weighted by molar-refractivity contribution is 0.520. The molecule has 16 heavy (non-hydrogen) atoms. The predicted molar refractivity (Wildman–Crippen MR) is 66.8 cm³/mol. The maximum atomic E-state index is 12.9. The van der Waals surface area contributed by atoms with E-state index in [0.717, 1.165) is 22.9 Å². The van der Waals surface area contributed by atoms with Crippen LogP contribution in [0, 0.1) is 17.7 Å². The van der Waals surface area contributed by atoms with E-state index in [1.54, 1.807) is 13.0 Å². The zero-order chi connectivity index (χ0) is 12.0. The average Bonchev–Trinajstić information content (AvgIpc) is 2.26. The van der Waals surface area contributed by atoms with Gasteiger partial charge in [0.2, 0.25) is 0 Å². The molecular weight excluding hydrogens is 271 g/mol. The molecule has 0 aromatic heterocycles. The number of rotatable bonds is 4. The highest BCUT2D eigenvalue weighted by Crippen LogP contribution is 2.26. The zero-order valence-corrected chi connectivity index (χ0v) is 10.6. The number of nitrogens with one attached hydrogen (secondary N) is 1. The quantitative estimate of drug-likeness (QED) is 0.507. The van der Waals surface area contributed by atoms with Gasteiger partial charge in [-0.05, 0) is 31.0 Å². The Kier molecular flexibility index (Phi) is 5.47. The number of halogens is 2. The Morgan fingerprint density at radius 3 is 2.88 bits per heavy atom. The predicted octanol–water partition coefficient (Wildman–Crippen LogP) is 2.90. The second-order valence-corrected chi connectivity index (χ2v) is 4.20. The van der Waals surface area contributed by atoms with Crippen molar-refractivity contribution in [3.05, 3.63) is 34.1 Å². The van der Waals surface area contributed by atoms with Crippen molar-refractivity contribution in [3.8, 4) is 11.8 Å². The van der Waals surface area contributed by atoms with Crippen LogP contribution in [-0.2, 0) is 0 Å². The van der Waals surface area contributed by atoms with E-state index in [1.165, 1.54) is 12.1 Å². The van der Waals surface area contributed by atoms with Crippen molar-refractivity contribution in [2.45, 2.75) is 25.8 Å². The van der Waals surface area contributed by atoms with E-state index in [4.69, 9.17) is 5.84 Å². The van der Waals surface area contributed by atoms with E-state index in [1.807, 2.05) is 0 Å². The highest BCUT2D eigenvalue weighted by molar-refractivity contribution is 9.10. The Balaban J connectivity index is 2.80. The molecule has 1 unspecified atom stereocenters. The number of hydrogen-bond acceptors (Lipinski definition) is 2. The fourth-order valence-corrected chi connectivity index (χ4v) is 2.08. The van der Waals surface area contributed by atoms with Gasteiger partial charge in [-0.3, -0.25) is 11.3 Å². The van der Waals surface area contributed by atoms with Crippen LogP contribution < -0.4 is 11.3 Å². The summed E-state index contributed by atoms with van der Waals surface area (Å²) in [5.74, 6) is 11.0. The van der Waals surface area contributed by atoms with E-state index in [9.17, 15) is 4.39 Å². The zero-order valence-electron chi connectivity index (χ0n) is 9.06. The molecule has 86 valence electrons. The maximum Gasteiger partial charge on any atom is 0.124 e. The minimum Gasteiger partial charge on any atom is -0.271 e. The lowest BCUT2D eigenvalue weighted by atomic mass is 10.0. The van der Waals surface area contributed by atoms with Crippen molar-refractivity contribution < 1.29 is 4.39 Å². The number of benzene rings is 1. The van der Waals surface area contributed by atoms with Gasteiger partial charge in [0, 0.05) is 16.9 Å². The average molecular weight is 285 g/mol. The summed E-state index contributed by atoms with van der Waals surface area (Å²) < 4.78 is 13.6. The van der Waals surface area contributed by atoms with Gasteiger partial charge in [-0.25, -0.2) is 4.39 Å². The van der Waals surface area contributed by atoms with Gasteiger partial charge in [0.15, 0.2) is 0 Å². The highest BCUT2D eigenvalue weighted by Gasteiger charge is 2.12. The molecule has 0 aliphatic rings. The van der Waals surface area contributed by atoms with Gasteiger partial charge in [0.1, 0.15) is 5.82 Å². The Bertz CT molecular complexity index is 409. The first kappa shape index (κ1) is 13.2. The standard InChI is InChI=1S/C12H14BrFN2/c1-2-3-4-5-12(16-15)10-7-6-9(14)8-11(10)13/h6-8,12,16H,4-5,15H2,1H3. The van der Waals surface area contributed by atoms with Gasteiger partial charge in [0.05, 0.1) is 0 Å². The summed E-state index contributed by atoms with van der Waals surface area (Å²) in [6.07, 6.45) is 1.55. The summed E-state index contributed by atoms with van der Waals surface area (Å²) in [5, 5.41) is 0. The SMILES string of the molecule is CC#CCCC(NN)c1ccc(F)cc1Br. The Labute approximate surface area is 104 Å². The second kappa shape index (κ2) is 6.64. The molecule has 4 heteroatoms. The molecule has 0 aliphatic heterocycles. The Hall–Kier alpha value is -0.890. The molecule has 0 saturated heterocycles. The van der Waals surface area contributed by atoms with Crippen molar-refractivity contribution in [1.82, 2.24) is 5.43 Å². The topological polar surface area (TPSA) is 38.0 Å². The van der Waals surface area contributed by atoms with Crippen LogP contribution in [0.3, 0.4) is 0 Å². The molecule has 2 nitrogen and oxygen atoms in total. The van der Waals surface area contributed by atoms with Gasteiger partial charge in [-0.2, -0.15) is 0 Å². The molecule has 3 N–H and O–H groups in total. The third kappa shape index (κ3) is 3.60. The van der Waals surface area contributed by atoms with E-state index < -0.39 is 0 Å². The van der Waals surface area contributed by atoms with E-state index in [0.29, 0.717) is 0 Å². The van der Waals surface area contributed by atoms with E-state index in [-0.39, 0.29) is 11.9 Å². The number of nitrogens with two attached hydrogens (primary N) is 1. The van der Waals surface area contributed by atoms with Gasteiger partial charge >= 0.3 is 0 Å². The van der Waals surface area contributed by atoms with Crippen LogP contribution in [0.15, 0.2) is 22.7 Å². The first-order chi connectivity index (χ1) is 7.69.